The molecule has 6 nitrogen and oxygen atoms in total. The summed E-state index contributed by atoms with van der Waals surface area (Å²) >= 11 is 1.64. The molecule has 0 aromatic carbocycles. The minimum absolute atomic E-state index is 0. The van der Waals surface area contributed by atoms with Crippen LogP contribution in [-0.4, -0.2) is 55.2 Å². The molecule has 2 saturated heterocycles. The van der Waals surface area contributed by atoms with Crippen LogP contribution in [0.2, 0.25) is 0 Å². The number of thiophene rings is 1. The normalized spacial score (nSPS) is 22.5. The highest BCUT2D eigenvalue weighted by Gasteiger charge is 2.41. The van der Waals surface area contributed by atoms with Gasteiger partial charge in [-0.1, -0.05) is 6.07 Å². The number of carbonyl (C=O) groups excluding carboxylic acids is 1. The smallest absolute Gasteiger partial charge is 0.264 e. The van der Waals surface area contributed by atoms with Crippen molar-refractivity contribution < 1.29 is 14.3 Å². The van der Waals surface area contributed by atoms with Gasteiger partial charge in [-0.15, -0.1) is 36.2 Å². The van der Waals surface area contributed by atoms with Gasteiger partial charge >= 0.3 is 0 Å². The van der Waals surface area contributed by atoms with Gasteiger partial charge in [0.25, 0.3) is 5.91 Å². The first-order chi connectivity index (χ1) is 13.8. The third kappa shape index (κ3) is 4.38. The van der Waals surface area contributed by atoms with Gasteiger partial charge in [0, 0.05) is 17.6 Å². The monoisotopic (exact) mass is 471 g/mol. The number of hydrogen-bond donors (Lipinski definition) is 1. The molecule has 5 heterocycles. The summed E-state index contributed by atoms with van der Waals surface area (Å²) in [5, 5.41) is 3.42. The second-order valence-corrected chi connectivity index (χ2v) is 8.73. The van der Waals surface area contributed by atoms with Crippen LogP contribution in [0, 0.1) is 0 Å². The Morgan fingerprint density at radius 1 is 1.23 bits per heavy atom. The first-order valence-corrected chi connectivity index (χ1v) is 10.9. The van der Waals surface area contributed by atoms with E-state index in [-0.39, 0.29) is 42.4 Å². The van der Waals surface area contributed by atoms with E-state index in [2.05, 4.69) is 16.4 Å². The molecule has 30 heavy (non-hydrogen) atoms. The maximum atomic E-state index is 13.3. The quantitative estimate of drug-likeness (QED) is 0.727. The summed E-state index contributed by atoms with van der Waals surface area (Å²) in [6, 6.07) is 7.92. The number of piperidine rings is 1. The van der Waals surface area contributed by atoms with Gasteiger partial charge < -0.3 is 19.7 Å². The second-order valence-electron chi connectivity index (χ2n) is 7.67. The number of halogens is 2. The van der Waals surface area contributed by atoms with Crippen molar-refractivity contribution in [1.82, 2.24) is 15.2 Å². The molecule has 1 unspecified atom stereocenters. The van der Waals surface area contributed by atoms with Gasteiger partial charge in [0.2, 0.25) is 0 Å². The summed E-state index contributed by atoms with van der Waals surface area (Å²) < 4.78 is 12.1. The predicted molar refractivity (Wildman–Crippen MR) is 121 cm³/mol. The number of morpholine rings is 1. The Kier molecular flexibility index (Phi) is 7.76. The summed E-state index contributed by atoms with van der Waals surface area (Å²) in [5.74, 6) is 0.104. The van der Waals surface area contributed by atoms with Crippen LogP contribution in [0.1, 0.15) is 44.8 Å². The molecule has 1 spiro atoms. The van der Waals surface area contributed by atoms with Crippen LogP contribution in [0.3, 0.4) is 0 Å². The lowest BCUT2D eigenvalue weighted by Crippen LogP contribution is -2.44. The van der Waals surface area contributed by atoms with Crippen LogP contribution < -0.4 is 5.32 Å². The minimum atomic E-state index is -0.191. The van der Waals surface area contributed by atoms with Crippen molar-refractivity contribution in [1.29, 1.82) is 0 Å². The lowest BCUT2D eigenvalue weighted by molar-refractivity contribution is -0.0771. The zero-order valence-electron chi connectivity index (χ0n) is 16.7. The third-order valence-electron chi connectivity index (χ3n) is 5.97. The number of nitrogens with one attached hydrogen (secondary N) is 1. The van der Waals surface area contributed by atoms with Crippen molar-refractivity contribution in [3.8, 4) is 0 Å². The van der Waals surface area contributed by atoms with E-state index in [9.17, 15) is 4.79 Å². The van der Waals surface area contributed by atoms with E-state index in [1.807, 2.05) is 23.1 Å². The highest BCUT2D eigenvalue weighted by atomic mass is 35.5. The number of nitrogens with zero attached hydrogens (tertiary/aromatic N) is 2. The molecule has 2 fully saturated rings. The van der Waals surface area contributed by atoms with E-state index in [4.69, 9.17) is 9.47 Å². The highest BCUT2D eigenvalue weighted by molar-refractivity contribution is 7.14. The van der Waals surface area contributed by atoms with Gasteiger partial charge in [-0.05, 0) is 56.1 Å². The van der Waals surface area contributed by atoms with Gasteiger partial charge in [0.15, 0.2) is 0 Å². The van der Waals surface area contributed by atoms with Crippen molar-refractivity contribution in [2.24, 2.45) is 0 Å². The molecule has 0 saturated carbocycles. The first-order valence-electron chi connectivity index (χ1n) is 10.0. The lowest BCUT2D eigenvalue weighted by Gasteiger charge is -2.40. The average molecular weight is 472 g/mol. The molecule has 0 bridgehead atoms. The SMILES string of the molecule is Cl.Cl.O=C(c1cc2c(s1)C1(CCNCC1)OCC2)N1CCOC(c2ccccn2)C1. The fraction of sp³-hybridized carbons (Fsp3) is 0.524. The molecule has 3 aliphatic heterocycles. The Balaban J connectivity index is 0.00000128. The second kappa shape index (κ2) is 9.94. The topological polar surface area (TPSA) is 63.7 Å². The first kappa shape index (κ1) is 23.4. The molecular formula is C21H27Cl2N3O3S. The van der Waals surface area contributed by atoms with Crippen molar-refractivity contribution >= 4 is 42.1 Å². The lowest BCUT2D eigenvalue weighted by atomic mass is 9.86. The van der Waals surface area contributed by atoms with Crippen LogP contribution in [-0.2, 0) is 21.5 Å². The Labute approximate surface area is 193 Å². The van der Waals surface area contributed by atoms with Crippen LogP contribution in [0.15, 0.2) is 30.5 Å². The molecule has 9 heteroatoms. The number of pyridine rings is 1. The Morgan fingerprint density at radius 2 is 2.07 bits per heavy atom. The zero-order chi connectivity index (χ0) is 19.0. The van der Waals surface area contributed by atoms with Crippen LogP contribution >= 0.6 is 36.2 Å². The molecule has 2 aromatic rings. The number of ether oxygens (including phenoxy) is 2. The molecule has 1 N–H and O–H groups in total. The van der Waals surface area contributed by atoms with E-state index in [0.717, 1.165) is 49.5 Å². The highest BCUT2D eigenvalue weighted by Crippen LogP contribution is 2.44. The van der Waals surface area contributed by atoms with E-state index in [0.29, 0.717) is 19.7 Å². The van der Waals surface area contributed by atoms with E-state index < -0.39 is 0 Å². The fourth-order valence-electron chi connectivity index (χ4n) is 4.46. The Morgan fingerprint density at radius 3 is 2.83 bits per heavy atom. The number of amides is 1. The molecule has 0 aliphatic carbocycles. The molecule has 1 amide bonds. The van der Waals surface area contributed by atoms with Gasteiger partial charge in [-0.2, -0.15) is 0 Å². The van der Waals surface area contributed by atoms with Gasteiger partial charge in [0.05, 0.1) is 30.3 Å². The molecule has 3 aliphatic rings. The van der Waals surface area contributed by atoms with Crippen LogP contribution in [0.25, 0.3) is 0 Å². The maximum Gasteiger partial charge on any atom is 0.264 e. The molecule has 0 radical (unpaired) electrons. The van der Waals surface area contributed by atoms with Crippen molar-refractivity contribution in [3.05, 3.63) is 51.5 Å². The average Bonchev–Trinajstić information content (AvgIpc) is 3.21. The van der Waals surface area contributed by atoms with Crippen LogP contribution in [0.5, 0.6) is 0 Å². The summed E-state index contributed by atoms with van der Waals surface area (Å²) in [4.78, 5) is 21.7. The third-order valence-corrected chi connectivity index (χ3v) is 7.32. The summed E-state index contributed by atoms with van der Waals surface area (Å²) in [6.07, 6.45) is 4.47. The standard InChI is InChI=1S/C21H25N3O3S.2ClH/c25-20(24-10-12-26-17(14-24)16-3-1-2-7-23-16)18-13-15-4-11-27-21(19(15)28-18)5-8-22-9-6-21;;/h1-3,7,13,17,22H,4-6,8-12,14H2;2*1H. The molecular weight excluding hydrogens is 445 g/mol. The summed E-state index contributed by atoms with van der Waals surface area (Å²) in [5.41, 5.74) is 1.99. The van der Waals surface area contributed by atoms with E-state index >= 15 is 0 Å². The maximum absolute atomic E-state index is 13.3. The number of fused-ring (bicyclic) bond motifs is 2. The van der Waals surface area contributed by atoms with E-state index in [1.165, 1.54) is 10.4 Å². The molecule has 1 atom stereocenters. The van der Waals surface area contributed by atoms with Crippen molar-refractivity contribution in [2.75, 3.05) is 39.4 Å². The fourth-order valence-corrected chi connectivity index (χ4v) is 5.84. The predicted octanol–water partition coefficient (Wildman–Crippen LogP) is 3.35. The van der Waals surface area contributed by atoms with Gasteiger partial charge in [0.1, 0.15) is 11.7 Å². The summed E-state index contributed by atoms with van der Waals surface area (Å²) in [7, 11) is 0. The Hall–Kier alpha value is -1.22. The summed E-state index contributed by atoms with van der Waals surface area (Å²) in [6.45, 7) is 4.39. The molecule has 164 valence electrons. The van der Waals surface area contributed by atoms with Gasteiger partial charge in [-0.25, -0.2) is 0 Å². The van der Waals surface area contributed by atoms with Crippen LogP contribution in [0.4, 0.5) is 0 Å². The minimum Gasteiger partial charge on any atom is -0.369 e. The number of aromatic nitrogens is 1. The number of hydrogen-bond acceptors (Lipinski definition) is 6. The van der Waals surface area contributed by atoms with Crippen molar-refractivity contribution in [3.63, 3.8) is 0 Å². The molecule has 2 aromatic heterocycles. The van der Waals surface area contributed by atoms with E-state index in [1.54, 1.807) is 17.5 Å². The largest absolute Gasteiger partial charge is 0.369 e. The zero-order valence-corrected chi connectivity index (χ0v) is 19.1. The van der Waals surface area contributed by atoms with Gasteiger partial charge in [-0.3, -0.25) is 9.78 Å². The Bertz CT molecular complexity index is 858. The van der Waals surface area contributed by atoms with Crippen molar-refractivity contribution in [2.45, 2.75) is 31.0 Å². The number of rotatable bonds is 2. The number of carbonyl (C=O) groups is 1. The molecule has 5 rings (SSSR count).